The summed E-state index contributed by atoms with van der Waals surface area (Å²) in [5, 5.41) is 3.46. The molecule has 0 spiro atoms. The second kappa shape index (κ2) is 4.89. The molecule has 0 saturated carbocycles. The first-order valence-corrected chi connectivity index (χ1v) is 6.23. The topological polar surface area (TPSA) is 72.8 Å². The molecule has 0 amide bonds. The van der Waals surface area contributed by atoms with Gasteiger partial charge < -0.3 is 0 Å². The minimum Gasteiger partial charge on any atom is -0.298 e. The highest BCUT2D eigenvalue weighted by Crippen LogP contribution is 2.05. The predicted octanol–water partition coefficient (Wildman–Crippen LogP) is 1.20. The third kappa shape index (κ3) is 3.82. The van der Waals surface area contributed by atoms with E-state index in [1.54, 1.807) is 31.2 Å². The van der Waals surface area contributed by atoms with Crippen LogP contribution >= 0.6 is 0 Å². The van der Waals surface area contributed by atoms with Crippen molar-refractivity contribution in [2.45, 2.75) is 6.92 Å². The largest absolute Gasteiger partial charge is 0.325 e. The van der Waals surface area contributed by atoms with Crippen molar-refractivity contribution in [2.75, 3.05) is 6.26 Å². The monoisotopic (exact) mass is 241 g/mol. The fourth-order valence-corrected chi connectivity index (χ4v) is 1.23. The van der Waals surface area contributed by atoms with E-state index < -0.39 is 10.1 Å². The van der Waals surface area contributed by atoms with E-state index in [9.17, 15) is 13.2 Å². The highest BCUT2D eigenvalue weighted by molar-refractivity contribution is 7.85. The lowest BCUT2D eigenvalue weighted by Crippen LogP contribution is -2.01. The standard InChI is InChI=1S/C10H11NO4S/c1-8(11-15-16(2,13)14)10-5-3-9(7-12)4-6-10/h3-7H,1-2H3. The van der Waals surface area contributed by atoms with Crippen LogP contribution in [0.25, 0.3) is 0 Å². The number of hydrogen-bond donors (Lipinski definition) is 0. The number of oxime groups is 1. The van der Waals surface area contributed by atoms with E-state index >= 15 is 0 Å². The zero-order valence-corrected chi connectivity index (χ0v) is 9.69. The maximum Gasteiger partial charge on any atom is 0.325 e. The van der Waals surface area contributed by atoms with Crippen molar-refractivity contribution < 1.29 is 17.5 Å². The lowest BCUT2D eigenvalue weighted by molar-refractivity contribution is 0.112. The summed E-state index contributed by atoms with van der Waals surface area (Å²) in [5.74, 6) is 0. The summed E-state index contributed by atoms with van der Waals surface area (Å²) < 4.78 is 25.7. The zero-order valence-electron chi connectivity index (χ0n) is 8.88. The minimum atomic E-state index is -3.58. The SMILES string of the molecule is CC(=NOS(C)(=O)=O)c1ccc(C=O)cc1. The van der Waals surface area contributed by atoms with Gasteiger partial charge in [0.2, 0.25) is 0 Å². The average Bonchev–Trinajstić information content (AvgIpc) is 2.25. The maximum absolute atomic E-state index is 10.7. The maximum atomic E-state index is 10.7. The fraction of sp³-hybridized carbons (Fsp3) is 0.200. The number of carbonyl (C=O) groups is 1. The normalized spacial score (nSPS) is 12.2. The Hall–Kier alpha value is -1.69. The Morgan fingerprint density at radius 3 is 2.31 bits per heavy atom. The molecule has 6 heteroatoms. The van der Waals surface area contributed by atoms with Crippen LogP contribution in [0.1, 0.15) is 22.8 Å². The molecular formula is C10H11NO4S. The molecule has 0 aromatic heterocycles. The molecule has 0 bridgehead atoms. The Labute approximate surface area is 93.9 Å². The van der Waals surface area contributed by atoms with Gasteiger partial charge in [0, 0.05) is 5.56 Å². The fourth-order valence-electron chi connectivity index (χ4n) is 0.979. The number of nitrogens with zero attached hydrogens (tertiary/aromatic N) is 1. The Bertz CT molecular complexity index is 502. The first-order chi connectivity index (χ1) is 7.42. The van der Waals surface area contributed by atoms with Crippen LogP contribution in [0.2, 0.25) is 0 Å². The molecule has 0 aliphatic carbocycles. The van der Waals surface area contributed by atoms with Gasteiger partial charge in [-0.1, -0.05) is 29.4 Å². The van der Waals surface area contributed by atoms with Gasteiger partial charge in [-0.3, -0.25) is 9.08 Å². The molecule has 0 unspecified atom stereocenters. The van der Waals surface area contributed by atoms with Gasteiger partial charge in [0.25, 0.3) is 0 Å². The molecule has 0 heterocycles. The molecule has 0 radical (unpaired) electrons. The number of aldehydes is 1. The minimum absolute atomic E-state index is 0.419. The molecule has 5 nitrogen and oxygen atoms in total. The third-order valence-electron chi connectivity index (χ3n) is 1.77. The Kier molecular flexibility index (Phi) is 3.78. The Morgan fingerprint density at radius 2 is 1.88 bits per heavy atom. The molecule has 1 rings (SSSR count). The van der Waals surface area contributed by atoms with E-state index in [-0.39, 0.29) is 0 Å². The summed E-state index contributed by atoms with van der Waals surface area (Å²) in [6.45, 7) is 1.61. The van der Waals surface area contributed by atoms with Crippen LogP contribution in [0.3, 0.4) is 0 Å². The van der Waals surface area contributed by atoms with Crippen molar-refractivity contribution in [3.8, 4) is 0 Å². The van der Waals surface area contributed by atoms with Crippen LogP contribution in [0.15, 0.2) is 29.4 Å². The molecule has 0 atom stereocenters. The highest BCUT2D eigenvalue weighted by atomic mass is 32.2. The van der Waals surface area contributed by atoms with Crippen molar-refractivity contribution in [2.24, 2.45) is 5.16 Å². The second-order valence-electron chi connectivity index (χ2n) is 3.20. The number of rotatable bonds is 4. The van der Waals surface area contributed by atoms with Gasteiger partial charge >= 0.3 is 10.1 Å². The molecule has 0 N–H and O–H groups in total. The third-order valence-corrected chi connectivity index (χ3v) is 2.12. The smallest absolute Gasteiger partial charge is 0.298 e. The molecular weight excluding hydrogens is 230 g/mol. The van der Waals surface area contributed by atoms with Crippen molar-refractivity contribution >= 4 is 22.1 Å². The van der Waals surface area contributed by atoms with E-state index in [2.05, 4.69) is 9.44 Å². The van der Waals surface area contributed by atoms with Crippen molar-refractivity contribution in [3.05, 3.63) is 35.4 Å². The lowest BCUT2D eigenvalue weighted by atomic mass is 10.1. The van der Waals surface area contributed by atoms with Gasteiger partial charge in [-0.05, 0) is 12.5 Å². The number of hydrogen-bond acceptors (Lipinski definition) is 5. The molecule has 0 aliphatic heterocycles. The lowest BCUT2D eigenvalue weighted by Gasteiger charge is -2.00. The Morgan fingerprint density at radius 1 is 1.31 bits per heavy atom. The molecule has 86 valence electrons. The summed E-state index contributed by atoms with van der Waals surface area (Å²) in [6, 6.07) is 6.55. The molecule has 1 aromatic carbocycles. The molecule has 1 aromatic rings. The van der Waals surface area contributed by atoms with Crippen LogP contribution in [0, 0.1) is 0 Å². The van der Waals surface area contributed by atoms with Crippen molar-refractivity contribution in [3.63, 3.8) is 0 Å². The number of benzene rings is 1. The summed E-state index contributed by atoms with van der Waals surface area (Å²) in [7, 11) is -3.58. The van der Waals surface area contributed by atoms with E-state index in [4.69, 9.17) is 0 Å². The van der Waals surface area contributed by atoms with Gasteiger partial charge in [-0.15, -0.1) is 0 Å². The summed E-state index contributed by atoms with van der Waals surface area (Å²) in [5.41, 5.74) is 1.65. The van der Waals surface area contributed by atoms with Crippen LogP contribution in [-0.2, 0) is 14.4 Å². The molecule has 16 heavy (non-hydrogen) atoms. The van der Waals surface area contributed by atoms with Gasteiger partial charge in [-0.25, -0.2) is 0 Å². The van der Waals surface area contributed by atoms with Gasteiger partial charge in [0.15, 0.2) is 0 Å². The van der Waals surface area contributed by atoms with Crippen LogP contribution < -0.4 is 0 Å². The van der Waals surface area contributed by atoms with Gasteiger partial charge in [0.05, 0.1) is 12.0 Å². The van der Waals surface area contributed by atoms with E-state index in [0.717, 1.165) is 12.5 Å². The van der Waals surface area contributed by atoms with Crippen LogP contribution in [0.5, 0.6) is 0 Å². The average molecular weight is 241 g/mol. The van der Waals surface area contributed by atoms with E-state index in [1.165, 1.54) is 0 Å². The number of carbonyl (C=O) groups excluding carboxylic acids is 1. The molecule has 0 aliphatic rings. The quantitative estimate of drug-likeness (QED) is 0.451. The summed E-state index contributed by atoms with van der Waals surface area (Å²) >= 11 is 0. The first kappa shape index (κ1) is 12.4. The summed E-state index contributed by atoms with van der Waals surface area (Å²) in [4.78, 5) is 10.4. The zero-order chi connectivity index (χ0) is 12.2. The van der Waals surface area contributed by atoms with Gasteiger partial charge in [0.1, 0.15) is 6.29 Å². The molecule has 0 fully saturated rings. The van der Waals surface area contributed by atoms with Gasteiger partial charge in [-0.2, -0.15) is 8.42 Å². The van der Waals surface area contributed by atoms with Crippen molar-refractivity contribution in [1.82, 2.24) is 0 Å². The van der Waals surface area contributed by atoms with Crippen molar-refractivity contribution in [1.29, 1.82) is 0 Å². The van der Waals surface area contributed by atoms with Crippen LogP contribution in [-0.4, -0.2) is 26.7 Å². The summed E-state index contributed by atoms with van der Waals surface area (Å²) in [6.07, 6.45) is 1.64. The predicted molar refractivity (Wildman–Crippen MR) is 60.0 cm³/mol. The van der Waals surface area contributed by atoms with Crippen LogP contribution in [0.4, 0.5) is 0 Å². The van der Waals surface area contributed by atoms with E-state index in [0.29, 0.717) is 16.8 Å². The highest BCUT2D eigenvalue weighted by Gasteiger charge is 2.02. The second-order valence-corrected chi connectivity index (χ2v) is 4.75. The Balaban J connectivity index is 2.87. The van der Waals surface area contributed by atoms with E-state index in [1.807, 2.05) is 0 Å². The first-order valence-electron chi connectivity index (χ1n) is 4.41. The molecule has 0 saturated heterocycles.